The van der Waals surface area contributed by atoms with Gasteiger partial charge in [0.05, 0.1) is 16.3 Å². The molecule has 0 aliphatic carbocycles. The Labute approximate surface area is 146 Å². The topological polar surface area (TPSA) is 17.8 Å². The lowest BCUT2D eigenvalue weighted by Gasteiger charge is -2.17. The normalized spacial score (nSPS) is 11.2. The lowest BCUT2D eigenvalue weighted by Crippen LogP contribution is -1.99. The Morgan fingerprint density at radius 1 is 0.750 bits per heavy atom. The third-order valence-electron chi connectivity index (χ3n) is 4.17. The van der Waals surface area contributed by atoms with Crippen LogP contribution in [0.1, 0.15) is 16.4 Å². The first-order chi connectivity index (χ1) is 11.8. The third kappa shape index (κ3) is 2.83. The molecule has 0 unspecified atom stereocenters. The van der Waals surface area contributed by atoms with Crippen LogP contribution in [-0.2, 0) is 7.05 Å². The van der Waals surface area contributed by atoms with Crippen molar-refractivity contribution in [2.75, 3.05) is 0 Å². The Bertz CT molecular complexity index is 906. The maximum absolute atomic E-state index is 4.83. The van der Waals surface area contributed by atoms with Gasteiger partial charge in [-0.3, -0.25) is 0 Å². The van der Waals surface area contributed by atoms with E-state index in [0.29, 0.717) is 0 Å². The molecular weight excluding hydrogens is 312 g/mol. The van der Waals surface area contributed by atoms with Crippen LogP contribution in [0.4, 0.5) is 0 Å². The fraction of sp³-hybridized carbons (Fsp3) is 0.0952. The van der Waals surface area contributed by atoms with Gasteiger partial charge in [-0.05, 0) is 23.3 Å². The molecule has 0 spiro atoms. The van der Waals surface area contributed by atoms with Gasteiger partial charge in [0, 0.05) is 7.05 Å². The molecule has 0 saturated carbocycles. The van der Waals surface area contributed by atoms with Gasteiger partial charge < -0.3 is 4.57 Å². The second-order valence-corrected chi connectivity index (χ2v) is 6.83. The maximum Gasteiger partial charge on any atom is 0.169 e. The number of aromatic nitrogens is 2. The van der Waals surface area contributed by atoms with Crippen molar-refractivity contribution in [3.63, 3.8) is 0 Å². The maximum atomic E-state index is 4.83. The highest BCUT2D eigenvalue weighted by molar-refractivity contribution is 7.99. The van der Waals surface area contributed by atoms with Crippen molar-refractivity contribution in [2.45, 2.75) is 10.4 Å². The average Bonchev–Trinajstić information content (AvgIpc) is 2.97. The standard InChI is InChI=1S/C21H18N2S/c1-23-19-15-9-8-14-18(19)22-21(23)24-20(16-10-4-2-5-11-16)17-12-6-3-7-13-17/h2-15,20H,1H3. The van der Waals surface area contributed by atoms with Gasteiger partial charge in [-0.25, -0.2) is 4.98 Å². The van der Waals surface area contributed by atoms with Crippen molar-refractivity contribution >= 4 is 22.8 Å². The highest BCUT2D eigenvalue weighted by atomic mass is 32.2. The molecule has 4 aromatic rings. The van der Waals surface area contributed by atoms with E-state index in [9.17, 15) is 0 Å². The largest absolute Gasteiger partial charge is 0.322 e. The van der Waals surface area contributed by atoms with Crippen molar-refractivity contribution in [3.05, 3.63) is 96.1 Å². The number of rotatable bonds is 4. The molecule has 3 heteroatoms. The highest BCUT2D eigenvalue weighted by Crippen LogP contribution is 2.40. The predicted molar refractivity (Wildman–Crippen MR) is 101 cm³/mol. The monoisotopic (exact) mass is 330 g/mol. The molecule has 2 nitrogen and oxygen atoms in total. The summed E-state index contributed by atoms with van der Waals surface area (Å²) in [6, 6.07) is 29.5. The molecular formula is C21H18N2S. The van der Waals surface area contributed by atoms with Gasteiger partial charge >= 0.3 is 0 Å². The summed E-state index contributed by atoms with van der Waals surface area (Å²) in [4.78, 5) is 4.83. The number of imidazole rings is 1. The minimum atomic E-state index is 0.225. The van der Waals surface area contributed by atoms with Gasteiger partial charge in [-0.15, -0.1) is 0 Å². The summed E-state index contributed by atoms with van der Waals surface area (Å²) in [6.45, 7) is 0. The number of aryl methyl sites for hydroxylation is 1. The van der Waals surface area contributed by atoms with E-state index < -0.39 is 0 Å². The SMILES string of the molecule is Cn1c(SC(c2ccccc2)c2ccccc2)nc2ccccc21. The number of hydrogen-bond donors (Lipinski definition) is 0. The van der Waals surface area contributed by atoms with Crippen molar-refractivity contribution in [1.29, 1.82) is 0 Å². The number of fused-ring (bicyclic) bond motifs is 1. The smallest absolute Gasteiger partial charge is 0.169 e. The second kappa shape index (κ2) is 6.54. The van der Waals surface area contributed by atoms with Gasteiger partial charge in [-0.2, -0.15) is 0 Å². The van der Waals surface area contributed by atoms with E-state index in [0.717, 1.165) is 10.7 Å². The third-order valence-corrected chi connectivity index (χ3v) is 5.53. The van der Waals surface area contributed by atoms with Crippen LogP contribution >= 0.6 is 11.8 Å². The average molecular weight is 330 g/mol. The number of para-hydroxylation sites is 2. The summed E-state index contributed by atoms with van der Waals surface area (Å²) >= 11 is 1.80. The van der Waals surface area contributed by atoms with Gasteiger partial charge in [0.25, 0.3) is 0 Å². The van der Waals surface area contributed by atoms with Crippen molar-refractivity contribution in [2.24, 2.45) is 7.05 Å². The van der Waals surface area contributed by atoms with Crippen LogP contribution in [0.3, 0.4) is 0 Å². The first kappa shape index (κ1) is 15.0. The first-order valence-corrected chi connectivity index (χ1v) is 8.89. The summed E-state index contributed by atoms with van der Waals surface area (Å²) in [5.41, 5.74) is 4.80. The van der Waals surface area contributed by atoms with Crippen molar-refractivity contribution in [3.8, 4) is 0 Å². The summed E-state index contributed by atoms with van der Waals surface area (Å²) < 4.78 is 2.18. The Morgan fingerprint density at radius 3 is 1.88 bits per heavy atom. The number of thioether (sulfide) groups is 1. The minimum absolute atomic E-state index is 0.225. The molecule has 0 saturated heterocycles. The molecule has 1 heterocycles. The molecule has 0 aliphatic rings. The predicted octanol–water partition coefficient (Wildman–Crippen LogP) is 5.46. The molecule has 0 fully saturated rings. The fourth-order valence-electron chi connectivity index (χ4n) is 2.92. The molecule has 118 valence electrons. The van der Waals surface area contributed by atoms with Gasteiger partial charge in [0.1, 0.15) is 0 Å². The lowest BCUT2D eigenvalue weighted by molar-refractivity contribution is 0.812. The summed E-state index contributed by atoms with van der Waals surface area (Å²) in [6.07, 6.45) is 0. The zero-order valence-electron chi connectivity index (χ0n) is 13.5. The van der Waals surface area contributed by atoms with Crippen LogP contribution in [0.15, 0.2) is 90.1 Å². The fourth-order valence-corrected chi connectivity index (χ4v) is 4.12. The zero-order valence-corrected chi connectivity index (χ0v) is 14.3. The lowest BCUT2D eigenvalue weighted by atomic mass is 10.0. The van der Waals surface area contributed by atoms with Crippen molar-refractivity contribution in [1.82, 2.24) is 9.55 Å². The van der Waals surface area contributed by atoms with Crippen LogP contribution in [-0.4, -0.2) is 9.55 Å². The molecule has 0 N–H and O–H groups in total. The van der Waals surface area contributed by atoms with Crippen LogP contribution in [0.25, 0.3) is 11.0 Å². The molecule has 0 aliphatic heterocycles. The summed E-state index contributed by atoms with van der Waals surface area (Å²) in [7, 11) is 2.09. The van der Waals surface area contributed by atoms with Gasteiger partial charge in [-0.1, -0.05) is 84.6 Å². The van der Waals surface area contributed by atoms with Crippen LogP contribution in [0, 0.1) is 0 Å². The number of nitrogens with zero attached hydrogens (tertiary/aromatic N) is 2. The van der Waals surface area contributed by atoms with Gasteiger partial charge in [0.15, 0.2) is 5.16 Å². The molecule has 24 heavy (non-hydrogen) atoms. The molecule has 0 radical (unpaired) electrons. The van der Waals surface area contributed by atoms with E-state index in [-0.39, 0.29) is 5.25 Å². The number of hydrogen-bond acceptors (Lipinski definition) is 2. The van der Waals surface area contributed by atoms with E-state index >= 15 is 0 Å². The molecule has 0 atom stereocenters. The van der Waals surface area contributed by atoms with E-state index in [2.05, 4.69) is 90.5 Å². The Balaban J connectivity index is 1.78. The minimum Gasteiger partial charge on any atom is -0.322 e. The Morgan fingerprint density at radius 2 is 1.29 bits per heavy atom. The van der Waals surface area contributed by atoms with Crippen LogP contribution in [0.2, 0.25) is 0 Å². The number of benzene rings is 3. The summed E-state index contributed by atoms with van der Waals surface area (Å²) in [5.74, 6) is 0. The molecule has 0 bridgehead atoms. The van der Waals surface area contributed by atoms with Crippen LogP contribution in [0.5, 0.6) is 0 Å². The van der Waals surface area contributed by atoms with Crippen LogP contribution < -0.4 is 0 Å². The van der Waals surface area contributed by atoms with E-state index in [4.69, 9.17) is 4.98 Å². The summed E-state index contributed by atoms with van der Waals surface area (Å²) in [5, 5.41) is 1.26. The van der Waals surface area contributed by atoms with E-state index in [1.807, 2.05) is 6.07 Å². The first-order valence-electron chi connectivity index (χ1n) is 8.01. The Hall–Kier alpha value is -2.52. The molecule has 4 rings (SSSR count). The molecule has 0 amide bonds. The molecule has 1 aromatic heterocycles. The zero-order chi connectivity index (χ0) is 16.4. The highest BCUT2D eigenvalue weighted by Gasteiger charge is 2.19. The van der Waals surface area contributed by atoms with Crippen molar-refractivity contribution < 1.29 is 0 Å². The molecule has 3 aromatic carbocycles. The van der Waals surface area contributed by atoms with E-state index in [1.54, 1.807) is 11.8 Å². The quantitative estimate of drug-likeness (QED) is 0.463. The van der Waals surface area contributed by atoms with E-state index in [1.165, 1.54) is 16.6 Å². The van der Waals surface area contributed by atoms with Gasteiger partial charge in [0.2, 0.25) is 0 Å². The second-order valence-electron chi connectivity index (χ2n) is 5.76. The Kier molecular flexibility index (Phi) is 4.09.